The summed E-state index contributed by atoms with van der Waals surface area (Å²) in [7, 11) is 0. The second kappa shape index (κ2) is 6.78. The lowest BCUT2D eigenvalue weighted by Crippen LogP contribution is -1.96. The third-order valence-electron chi connectivity index (χ3n) is 4.48. The summed E-state index contributed by atoms with van der Waals surface area (Å²) in [5, 5.41) is 0. The molecule has 0 atom stereocenters. The van der Waals surface area contributed by atoms with Crippen LogP contribution in [0.3, 0.4) is 0 Å². The van der Waals surface area contributed by atoms with Gasteiger partial charge in [-0.15, -0.1) is 0 Å². The van der Waals surface area contributed by atoms with Gasteiger partial charge in [-0.25, -0.2) is 4.98 Å². The first-order chi connectivity index (χ1) is 12.4. The van der Waals surface area contributed by atoms with Crippen LogP contribution < -0.4 is 0 Å². The van der Waals surface area contributed by atoms with E-state index in [9.17, 15) is 0 Å². The Labute approximate surface area is 148 Å². The predicted molar refractivity (Wildman–Crippen MR) is 104 cm³/mol. The van der Waals surface area contributed by atoms with Crippen LogP contribution in [0.25, 0.3) is 28.2 Å². The molecule has 0 spiro atoms. The number of hydrogen-bond acceptors (Lipinski definition) is 1. The molecule has 2 heteroatoms. The Morgan fingerprint density at radius 3 is 1.92 bits per heavy atom. The van der Waals surface area contributed by atoms with E-state index in [4.69, 9.17) is 4.98 Å². The first-order valence-electron chi connectivity index (χ1n) is 8.64. The third kappa shape index (κ3) is 2.99. The number of benzene rings is 3. The summed E-state index contributed by atoms with van der Waals surface area (Å²) in [6.45, 7) is 2.18. The van der Waals surface area contributed by atoms with Crippen molar-refractivity contribution in [3.63, 3.8) is 0 Å². The van der Waals surface area contributed by atoms with Crippen LogP contribution in [-0.4, -0.2) is 9.55 Å². The number of rotatable bonds is 4. The fraction of sp³-hybridized carbons (Fsp3) is 0.0870. The molecule has 0 aliphatic heterocycles. The van der Waals surface area contributed by atoms with Crippen LogP contribution in [-0.2, 0) is 6.42 Å². The Kier molecular flexibility index (Phi) is 4.17. The third-order valence-corrected chi connectivity index (χ3v) is 4.48. The highest BCUT2D eigenvalue weighted by Gasteiger charge is 2.15. The van der Waals surface area contributed by atoms with Gasteiger partial charge >= 0.3 is 0 Å². The monoisotopic (exact) mass is 324 g/mol. The molecule has 0 saturated carbocycles. The zero-order valence-corrected chi connectivity index (χ0v) is 14.3. The predicted octanol–water partition coefficient (Wildman–Crippen LogP) is 5.77. The maximum absolute atomic E-state index is 4.74. The number of aryl methyl sites for hydroxylation is 1. The van der Waals surface area contributed by atoms with E-state index in [0.717, 1.165) is 29.1 Å². The Balaban J connectivity index is 1.91. The minimum Gasteiger partial charge on any atom is -0.298 e. The van der Waals surface area contributed by atoms with E-state index < -0.39 is 0 Å². The van der Waals surface area contributed by atoms with Gasteiger partial charge in [0.2, 0.25) is 0 Å². The molecule has 0 amide bonds. The van der Waals surface area contributed by atoms with Crippen LogP contribution >= 0.6 is 0 Å². The smallest absolute Gasteiger partial charge is 0.100 e. The minimum absolute atomic E-state index is 1.01. The zero-order chi connectivity index (χ0) is 17.1. The van der Waals surface area contributed by atoms with Crippen molar-refractivity contribution in [2.75, 3.05) is 0 Å². The SMILES string of the molecule is CCc1ccc(-n2cnc(-c3ccccc3)c2-c2ccccc2)cc1. The molecule has 0 aliphatic carbocycles. The van der Waals surface area contributed by atoms with Gasteiger partial charge in [0.25, 0.3) is 0 Å². The van der Waals surface area contributed by atoms with Crippen molar-refractivity contribution in [3.8, 4) is 28.2 Å². The first kappa shape index (κ1) is 15.4. The van der Waals surface area contributed by atoms with Crippen LogP contribution in [0, 0.1) is 0 Å². The zero-order valence-electron chi connectivity index (χ0n) is 14.3. The Bertz CT molecular complexity index is 952. The molecule has 1 aromatic heterocycles. The van der Waals surface area contributed by atoms with Crippen molar-refractivity contribution in [3.05, 3.63) is 96.8 Å². The first-order valence-corrected chi connectivity index (χ1v) is 8.64. The number of aromatic nitrogens is 2. The fourth-order valence-corrected chi connectivity index (χ4v) is 3.12. The normalized spacial score (nSPS) is 10.8. The highest BCUT2D eigenvalue weighted by Crippen LogP contribution is 2.33. The molecule has 2 nitrogen and oxygen atoms in total. The van der Waals surface area contributed by atoms with Crippen molar-refractivity contribution in [2.45, 2.75) is 13.3 Å². The van der Waals surface area contributed by atoms with E-state index in [-0.39, 0.29) is 0 Å². The summed E-state index contributed by atoms with van der Waals surface area (Å²) in [6, 6.07) is 29.5. The summed E-state index contributed by atoms with van der Waals surface area (Å²) >= 11 is 0. The topological polar surface area (TPSA) is 17.8 Å². The molecule has 1 heterocycles. The van der Waals surface area contributed by atoms with Gasteiger partial charge in [0.15, 0.2) is 0 Å². The molecule has 0 saturated heterocycles. The standard InChI is InChI=1S/C23H20N2/c1-2-18-13-15-21(16-14-18)25-17-24-22(19-9-5-3-6-10-19)23(25)20-11-7-4-8-12-20/h3-17H,2H2,1H3. The molecule has 0 fully saturated rings. The summed E-state index contributed by atoms with van der Waals surface area (Å²) in [5.74, 6) is 0. The van der Waals surface area contributed by atoms with Gasteiger partial charge in [-0.1, -0.05) is 79.7 Å². The van der Waals surface area contributed by atoms with Crippen LogP contribution in [0.5, 0.6) is 0 Å². The lowest BCUT2D eigenvalue weighted by molar-refractivity contribution is 1.05. The summed E-state index contributed by atoms with van der Waals surface area (Å²) in [4.78, 5) is 4.74. The van der Waals surface area contributed by atoms with E-state index in [2.05, 4.69) is 84.3 Å². The molecule has 25 heavy (non-hydrogen) atoms. The second-order valence-corrected chi connectivity index (χ2v) is 6.06. The maximum atomic E-state index is 4.74. The molecule has 0 aliphatic rings. The van der Waals surface area contributed by atoms with Gasteiger partial charge in [-0.05, 0) is 24.1 Å². The van der Waals surface area contributed by atoms with Gasteiger partial charge in [-0.3, -0.25) is 4.57 Å². The molecule has 0 bridgehead atoms. The number of imidazole rings is 1. The largest absolute Gasteiger partial charge is 0.298 e. The molecular weight excluding hydrogens is 304 g/mol. The number of hydrogen-bond donors (Lipinski definition) is 0. The average Bonchev–Trinajstić information content (AvgIpc) is 3.14. The van der Waals surface area contributed by atoms with E-state index in [1.165, 1.54) is 11.1 Å². The van der Waals surface area contributed by atoms with E-state index in [0.29, 0.717) is 0 Å². The van der Waals surface area contributed by atoms with Crippen LogP contribution in [0.1, 0.15) is 12.5 Å². The lowest BCUT2D eigenvalue weighted by atomic mass is 10.0. The highest BCUT2D eigenvalue weighted by atomic mass is 15.1. The molecule has 0 N–H and O–H groups in total. The molecule has 3 aromatic carbocycles. The van der Waals surface area contributed by atoms with Crippen molar-refractivity contribution in [2.24, 2.45) is 0 Å². The lowest BCUT2D eigenvalue weighted by Gasteiger charge is -2.11. The molecule has 0 unspecified atom stereocenters. The van der Waals surface area contributed by atoms with Crippen LogP contribution in [0.15, 0.2) is 91.3 Å². The molecule has 4 aromatic rings. The fourth-order valence-electron chi connectivity index (χ4n) is 3.12. The molecule has 122 valence electrons. The van der Waals surface area contributed by atoms with Crippen molar-refractivity contribution < 1.29 is 0 Å². The summed E-state index contributed by atoms with van der Waals surface area (Å²) in [6.07, 6.45) is 2.97. The summed E-state index contributed by atoms with van der Waals surface area (Å²) < 4.78 is 2.18. The van der Waals surface area contributed by atoms with Crippen molar-refractivity contribution >= 4 is 0 Å². The average molecular weight is 324 g/mol. The minimum atomic E-state index is 1.01. The van der Waals surface area contributed by atoms with Crippen LogP contribution in [0.4, 0.5) is 0 Å². The van der Waals surface area contributed by atoms with Gasteiger partial charge in [0.1, 0.15) is 6.33 Å². The van der Waals surface area contributed by atoms with Gasteiger partial charge < -0.3 is 0 Å². The van der Waals surface area contributed by atoms with Crippen molar-refractivity contribution in [1.82, 2.24) is 9.55 Å². The quantitative estimate of drug-likeness (QED) is 0.466. The Morgan fingerprint density at radius 2 is 1.32 bits per heavy atom. The van der Waals surface area contributed by atoms with Crippen molar-refractivity contribution in [1.29, 1.82) is 0 Å². The van der Waals surface area contributed by atoms with Crippen LogP contribution in [0.2, 0.25) is 0 Å². The van der Waals surface area contributed by atoms with E-state index >= 15 is 0 Å². The molecule has 0 radical (unpaired) electrons. The maximum Gasteiger partial charge on any atom is 0.100 e. The Hall–Kier alpha value is -3.13. The molecule has 4 rings (SSSR count). The molecular formula is C23H20N2. The highest BCUT2D eigenvalue weighted by molar-refractivity contribution is 5.79. The van der Waals surface area contributed by atoms with Gasteiger partial charge in [0, 0.05) is 16.8 Å². The van der Waals surface area contributed by atoms with E-state index in [1.807, 2.05) is 18.5 Å². The Morgan fingerprint density at radius 1 is 0.720 bits per heavy atom. The number of nitrogens with zero attached hydrogens (tertiary/aromatic N) is 2. The van der Waals surface area contributed by atoms with Gasteiger partial charge in [0.05, 0.1) is 11.4 Å². The summed E-state index contributed by atoms with van der Waals surface area (Å²) in [5.41, 5.74) is 6.89. The van der Waals surface area contributed by atoms with Gasteiger partial charge in [-0.2, -0.15) is 0 Å². The van der Waals surface area contributed by atoms with E-state index in [1.54, 1.807) is 0 Å². The second-order valence-electron chi connectivity index (χ2n) is 6.06.